The normalized spacial score (nSPS) is 17.3. The van der Waals surface area contributed by atoms with Crippen molar-refractivity contribution in [2.75, 3.05) is 58.5 Å². The van der Waals surface area contributed by atoms with E-state index in [2.05, 4.69) is 22.8 Å². The van der Waals surface area contributed by atoms with E-state index >= 15 is 0 Å². The number of pyridine rings is 1. The molecule has 0 radical (unpaired) electrons. The van der Waals surface area contributed by atoms with Crippen LogP contribution in [0.1, 0.15) is 42.5 Å². The summed E-state index contributed by atoms with van der Waals surface area (Å²) in [5.74, 6) is -0.465. The first-order chi connectivity index (χ1) is 19.4. The molecule has 218 valence electrons. The fourth-order valence-electron chi connectivity index (χ4n) is 5.28. The summed E-state index contributed by atoms with van der Waals surface area (Å²) in [6.45, 7) is 2.13. The summed E-state index contributed by atoms with van der Waals surface area (Å²) < 4.78 is 24.1. The Kier molecular flexibility index (Phi) is 10.9. The number of carboxylic acids is 1. The van der Waals surface area contributed by atoms with Crippen LogP contribution in [0.5, 0.6) is 0 Å². The Morgan fingerprint density at radius 1 is 1.20 bits per heavy atom. The number of aromatic nitrogens is 1. The summed E-state index contributed by atoms with van der Waals surface area (Å²) in [7, 11) is 1.47. The number of ether oxygens (including phenoxy) is 2. The number of unbranched alkanes of at least 4 members (excludes halogenated alkanes) is 1. The maximum absolute atomic E-state index is 13.5. The summed E-state index contributed by atoms with van der Waals surface area (Å²) in [6, 6.07) is 12.5. The molecule has 1 fully saturated rings. The highest BCUT2D eigenvalue weighted by Gasteiger charge is 2.48. The molecule has 2 aromatic rings. The number of hydrogen-bond acceptors (Lipinski definition) is 7. The highest BCUT2D eigenvalue weighted by Crippen LogP contribution is 2.33. The second-order valence-corrected chi connectivity index (χ2v) is 10.7. The van der Waals surface area contributed by atoms with E-state index in [1.165, 1.54) is 12.7 Å². The third-order valence-electron chi connectivity index (χ3n) is 7.87. The minimum Gasteiger partial charge on any atom is -0.480 e. The van der Waals surface area contributed by atoms with Crippen molar-refractivity contribution in [2.24, 2.45) is 0 Å². The standard InChI is InChI=1S/C30H41FN4O5/c1-39-25(18-31)19-35(16-6-5-11-24-13-12-22-8-7-15-32-27(22)33-24)17-14-26(28(36)37)34-29(38)30(20-40-21-30)23-9-3-2-4-10-23/h2-4,9-10,12-13,25-26H,5-8,11,14-21H2,1H3,(H,32,33)(H,34,38)(H,36,37). The number of fused-ring (bicyclic) bond motifs is 1. The molecule has 0 bridgehead atoms. The highest BCUT2D eigenvalue weighted by molar-refractivity contribution is 5.92. The van der Waals surface area contributed by atoms with E-state index in [4.69, 9.17) is 14.5 Å². The molecule has 1 saturated heterocycles. The number of hydrogen-bond donors (Lipinski definition) is 3. The highest BCUT2D eigenvalue weighted by atomic mass is 19.1. The van der Waals surface area contributed by atoms with Crippen molar-refractivity contribution in [3.63, 3.8) is 0 Å². The van der Waals surface area contributed by atoms with E-state index in [0.717, 1.165) is 55.7 Å². The zero-order valence-corrected chi connectivity index (χ0v) is 23.2. The average molecular weight is 557 g/mol. The van der Waals surface area contributed by atoms with Gasteiger partial charge in [0.25, 0.3) is 0 Å². The van der Waals surface area contributed by atoms with Crippen LogP contribution in [0.25, 0.3) is 0 Å². The summed E-state index contributed by atoms with van der Waals surface area (Å²) in [6.07, 6.45) is 4.34. The quantitative estimate of drug-likeness (QED) is 0.271. The number of carbonyl (C=O) groups is 2. The molecule has 0 aliphatic carbocycles. The van der Waals surface area contributed by atoms with Crippen molar-refractivity contribution in [1.29, 1.82) is 0 Å². The number of nitrogens with zero attached hydrogens (tertiary/aromatic N) is 2. The average Bonchev–Trinajstić information content (AvgIpc) is 2.95. The van der Waals surface area contributed by atoms with Crippen molar-refractivity contribution in [1.82, 2.24) is 15.2 Å². The lowest BCUT2D eigenvalue weighted by atomic mass is 9.77. The van der Waals surface area contributed by atoms with Gasteiger partial charge in [-0.1, -0.05) is 36.4 Å². The number of alkyl halides is 1. The van der Waals surface area contributed by atoms with Crippen molar-refractivity contribution in [3.05, 3.63) is 59.3 Å². The third kappa shape index (κ3) is 7.56. The Morgan fingerprint density at radius 3 is 2.67 bits per heavy atom. The van der Waals surface area contributed by atoms with Gasteiger partial charge in [0.1, 0.15) is 23.9 Å². The van der Waals surface area contributed by atoms with Crippen LogP contribution in [0.3, 0.4) is 0 Å². The van der Waals surface area contributed by atoms with Crippen LogP contribution in [-0.4, -0.2) is 92.2 Å². The Morgan fingerprint density at radius 2 is 2.00 bits per heavy atom. The fourth-order valence-corrected chi connectivity index (χ4v) is 5.28. The van der Waals surface area contributed by atoms with Gasteiger partial charge < -0.3 is 30.1 Å². The molecule has 1 aromatic carbocycles. The molecule has 0 saturated carbocycles. The number of rotatable bonds is 16. The number of methoxy groups -OCH3 is 1. The number of aliphatic carboxylic acids is 1. The van der Waals surface area contributed by atoms with Gasteiger partial charge in [-0.15, -0.1) is 0 Å². The first-order valence-corrected chi connectivity index (χ1v) is 14.2. The molecule has 0 spiro atoms. The molecule has 3 N–H and O–H groups in total. The van der Waals surface area contributed by atoms with Gasteiger partial charge in [-0.3, -0.25) is 4.79 Å². The van der Waals surface area contributed by atoms with Gasteiger partial charge in [-0.2, -0.15) is 0 Å². The number of nitrogens with one attached hydrogen (secondary N) is 2. The lowest BCUT2D eigenvalue weighted by Gasteiger charge is -2.41. The number of carboxylic acid groups (broad SMARTS) is 1. The molecule has 3 heterocycles. The van der Waals surface area contributed by atoms with Gasteiger partial charge in [-0.05, 0) is 62.3 Å². The first-order valence-electron chi connectivity index (χ1n) is 14.2. The SMILES string of the molecule is COC(CF)CN(CCCCc1ccc2c(n1)NCCC2)CCC(NC(=O)C1(c2ccccc2)COC1)C(=O)O. The summed E-state index contributed by atoms with van der Waals surface area (Å²) in [4.78, 5) is 32.2. The number of benzene rings is 1. The maximum atomic E-state index is 13.5. The topological polar surface area (TPSA) is 113 Å². The lowest BCUT2D eigenvalue weighted by Crippen LogP contribution is -2.60. The molecule has 4 rings (SSSR count). The summed E-state index contributed by atoms with van der Waals surface area (Å²) >= 11 is 0. The molecule has 2 atom stereocenters. The zero-order valence-electron chi connectivity index (χ0n) is 23.2. The smallest absolute Gasteiger partial charge is 0.326 e. The van der Waals surface area contributed by atoms with E-state index in [-0.39, 0.29) is 25.5 Å². The molecule has 9 nitrogen and oxygen atoms in total. The lowest BCUT2D eigenvalue weighted by molar-refractivity contribution is -0.151. The minimum atomic E-state index is -1.10. The Bertz CT molecular complexity index is 1110. The van der Waals surface area contributed by atoms with E-state index in [9.17, 15) is 19.1 Å². The van der Waals surface area contributed by atoms with Crippen LogP contribution >= 0.6 is 0 Å². The molecule has 2 aliphatic heterocycles. The molecule has 1 amide bonds. The van der Waals surface area contributed by atoms with Crippen LogP contribution in [0.15, 0.2) is 42.5 Å². The second kappa shape index (κ2) is 14.5. The zero-order chi connectivity index (χ0) is 28.4. The molecular formula is C30H41FN4O5. The Hall–Kier alpha value is -3.08. The molecular weight excluding hydrogens is 515 g/mol. The van der Waals surface area contributed by atoms with Gasteiger partial charge in [0, 0.05) is 32.4 Å². The van der Waals surface area contributed by atoms with E-state index in [1.807, 2.05) is 35.2 Å². The summed E-state index contributed by atoms with van der Waals surface area (Å²) in [5.41, 5.74) is 2.22. The number of aryl methyl sites for hydroxylation is 2. The summed E-state index contributed by atoms with van der Waals surface area (Å²) in [5, 5.41) is 16.0. The predicted molar refractivity (Wildman–Crippen MR) is 150 cm³/mol. The van der Waals surface area contributed by atoms with E-state index in [1.54, 1.807) is 0 Å². The van der Waals surface area contributed by atoms with E-state index < -0.39 is 30.2 Å². The molecule has 2 unspecified atom stereocenters. The van der Waals surface area contributed by atoms with Crippen LogP contribution in [0.2, 0.25) is 0 Å². The number of amides is 1. The van der Waals surface area contributed by atoms with Gasteiger partial charge in [0.15, 0.2) is 0 Å². The first kappa shape index (κ1) is 29.9. The maximum Gasteiger partial charge on any atom is 0.326 e. The molecule has 1 aromatic heterocycles. The third-order valence-corrected chi connectivity index (χ3v) is 7.87. The fraction of sp³-hybridized carbons (Fsp3) is 0.567. The van der Waals surface area contributed by atoms with Crippen LogP contribution < -0.4 is 10.6 Å². The monoisotopic (exact) mass is 556 g/mol. The molecule has 40 heavy (non-hydrogen) atoms. The van der Waals surface area contributed by atoms with Crippen LogP contribution in [0, 0.1) is 0 Å². The van der Waals surface area contributed by atoms with Crippen molar-refractivity contribution >= 4 is 17.7 Å². The molecule has 10 heteroatoms. The van der Waals surface area contributed by atoms with Gasteiger partial charge >= 0.3 is 5.97 Å². The second-order valence-electron chi connectivity index (χ2n) is 10.7. The van der Waals surface area contributed by atoms with Gasteiger partial charge in [0.05, 0.1) is 19.3 Å². The van der Waals surface area contributed by atoms with Crippen molar-refractivity contribution < 1.29 is 28.6 Å². The van der Waals surface area contributed by atoms with E-state index in [0.29, 0.717) is 19.6 Å². The van der Waals surface area contributed by atoms with Crippen LogP contribution in [-0.2, 0) is 37.3 Å². The number of anilines is 1. The van der Waals surface area contributed by atoms with Crippen molar-refractivity contribution in [3.8, 4) is 0 Å². The Balaban J connectivity index is 1.32. The molecule has 2 aliphatic rings. The Labute approximate surface area is 235 Å². The van der Waals surface area contributed by atoms with Gasteiger partial charge in [-0.25, -0.2) is 14.2 Å². The van der Waals surface area contributed by atoms with Gasteiger partial charge in [0.2, 0.25) is 5.91 Å². The van der Waals surface area contributed by atoms with Crippen LogP contribution in [0.4, 0.5) is 10.2 Å². The predicted octanol–water partition coefficient (Wildman–Crippen LogP) is 2.98. The number of halogens is 1. The minimum absolute atomic E-state index is 0.188. The number of carbonyl (C=O) groups excluding carboxylic acids is 1. The largest absolute Gasteiger partial charge is 0.480 e. The van der Waals surface area contributed by atoms with Crippen molar-refractivity contribution in [2.45, 2.75) is 56.1 Å².